The third-order valence-corrected chi connectivity index (χ3v) is 2.63. The maximum Gasteiger partial charge on any atom is 0.315 e. The van der Waals surface area contributed by atoms with E-state index >= 15 is 0 Å². The molecule has 2 amide bonds. The minimum Gasteiger partial charge on any atom is -0.481 e. The molecule has 0 saturated carbocycles. The summed E-state index contributed by atoms with van der Waals surface area (Å²) in [4.78, 5) is 21.9. The number of carbonyl (C=O) groups excluding carboxylic acids is 1. The Labute approximate surface area is 112 Å². The third kappa shape index (κ3) is 6.44. The van der Waals surface area contributed by atoms with Crippen molar-refractivity contribution in [3.8, 4) is 0 Å². The van der Waals surface area contributed by atoms with Gasteiger partial charge in [-0.2, -0.15) is 5.10 Å². The predicted molar refractivity (Wildman–Crippen MR) is 69.8 cm³/mol. The van der Waals surface area contributed by atoms with Crippen molar-refractivity contribution in [1.82, 2.24) is 20.4 Å². The van der Waals surface area contributed by atoms with E-state index in [1.807, 2.05) is 13.2 Å². The van der Waals surface area contributed by atoms with E-state index < -0.39 is 5.97 Å². The Morgan fingerprint density at radius 1 is 1.53 bits per heavy atom. The van der Waals surface area contributed by atoms with E-state index in [1.54, 1.807) is 17.8 Å². The summed E-state index contributed by atoms with van der Waals surface area (Å²) >= 11 is 0. The zero-order chi connectivity index (χ0) is 14.3. The molecule has 0 saturated heterocycles. The van der Waals surface area contributed by atoms with Crippen molar-refractivity contribution < 1.29 is 14.7 Å². The molecule has 0 fully saturated rings. The minimum atomic E-state index is -0.856. The van der Waals surface area contributed by atoms with Crippen LogP contribution in [0, 0.1) is 0 Å². The first kappa shape index (κ1) is 15.0. The number of rotatable bonds is 7. The Balaban J connectivity index is 2.15. The van der Waals surface area contributed by atoms with Gasteiger partial charge in [-0.15, -0.1) is 0 Å². The highest BCUT2D eigenvalue weighted by Gasteiger charge is 2.08. The van der Waals surface area contributed by atoms with E-state index in [0.29, 0.717) is 19.4 Å². The van der Waals surface area contributed by atoms with Crippen LogP contribution in [0.5, 0.6) is 0 Å². The van der Waals surface area contributed by atoms with Crippen LogP contribution in [0.4, 0.5) is 4.79 Å². The second-order valence-electron chi connectivity index (χ2n) is 4.51. The number of carbonyl (C=O) groups is 2. The van der Waals surface area contributed by atoms with Crippen LogP contribution in [0.3, 0.4) is 0 Å². The van der Waals surface area contributed by atoms with E-state index in [9.17, 15) is 9.59 Å². The number of aryl methyl sites for hydroxylation is 1. The van der Waals surface area contributed by atoms with Gasteiger partial charge in [-0.1, -0.05) is 0 Å². The second-order valence-corrected chi connectivity index (χ2v) is 4.51. The molecule has 1 rings (SSSR count). The van der Waals surface area contributed by atoms with E-state index in [1.165, 1.54) is 0 Å². The molecule has 1 heterocycles. The zero-order valence-electron chi connectivity index (χ0n) is 11.2. The van der Waals surface area contributed by atoms with Crippen LogP contribution in [0.2, 0.25) is 0 Å². The van der Waals surface area contributed by atoms with Crippen molar-refractivity contribution in [1.29, 1.82) is 0 Å². The van der Waals surface area contributed by atoms with Crippen molar-refractivity contribution >= 4 is 12.0 Å². The van der Waals surface area contributed by atoms with Crippen LogP contribution in [0.1, 0.15) is 25.3 Å². The normalized spacial score (nSPS) is 11.9. The molecular formula is C12H20N4O3. The van der Waals surface area contributed by atoms with Crippen LogP contribution < -0.4 is 10.6 Å². The molecule has 0 bridgehead atoms. The molecule has 3 N–H and O–H groups in total. The molecule has 0 spiro atoms. The van der Waals surface area contributed by atoms with E-state index in [0.717, 1.165) is 5.56 Å². The molecule has 1 aromatic rings. The quantitative estimate of drug-likeness (QED) is 0.671. The van der Waals surface area contributed by atoms with Gasteiger partial charge in [0.25, 0.3) is 0 Å². The van der Waals surface area contributed by atoms with Gasteiger partial charge in [0, 0.05) is 32.3 Å². The fourth-order valence-corrected chi connectivity index (χ4v) is 1.61. The van der Waals surface area contributed by atoms with E-state index in [4.69, 9.17) is 5.11 Å². The molecule has 0 aromatic carbocycles. The summed E-state index contributed by atoms with van der Waals surface area (Å²) in [6.45, 7) is 2.30. The molecule has 0 aliphatic heterocycles. The van der Waals surface area contributed by atoms with Crippen LogP contribution in [-0.2, 0) is 18.3 Å². The summed E-state index contributed by atoms with van der Waals surface area (Å²) in [7, 11) is 1.84. The standard InChI is InChI=1S/C12H20N4O3/c1-9(3-4-11(17)18)15-12(19)13-6-5-10-7-14-16(2)8-10/h7-9H,3-6H2,1-2H3,(H,17,18)(H2,13,15,19). The maximum atomic E-state index is 11.5. The summed E-state index contributed by atoms with van der Waals surface area (Å²) in [6, 6.07) is -0.434. The van der Waals surface area contributed by atoms with Crippen LogP contribution >= 0.6 is 0 Å². The van der Waals surface area contributed by atoms with Gasteiger partial charge in [0.2, 0.25) is 0 Å². The monoisotopic (exact) mass is 268 g/mol. The Morgan fingerprint density at radius 2 is 2.26 bits per heavy atom. The summed E-state index contributed by atoms with van der Waals surface area (Å²) in [5.41, 5.74) is 1.06. The van der Waals surface area contributed by atoms with Gasteiger partial charge < -0.3 is 15.7 Å². The lowest BCUT2D eigenvalue weighted by Crippen LogP contribution is -2.41. The highest BCUT2D eigenvalue weighted by molar-refractivity contribution is 5.74. The third-order valence-electron chi connectivity index (χ3n) is 2.63. The fourth-order valence-electron chi connectivity index (χ4n) is 1.61. The number of carboxylic acids is 1. The minimum absolute atomic E-state index is 0.0527. The molecule has 0 aliphatic carbocycles. The van der Waals surface area contributed by atoms with Gasteiger partial charge in [0.05, 0.1) is 6.20 Å². The summed E-state index contributed by atoms with van der Waals surface area (Å²) in [6.07, 6.45) is 4.84. The number of amides is 2. The fraction of sp³-hybridized carbons (Fsp3) is 0.583. The molecule has 19 heavy (non-hydrogen) atoms. The van der Waals surface area contributed by atoms with Crippen LogP contribution in [0.25, 0.3) is 0 Å². The van der Waals surface area contributed by atoms with Gasteiger partial charge in [-0.05, 0) is 25.3 Å². The highest BCUT2D eigenvalue weighted by Crippen LogP contribution is 1.97. The molecule has 0 radical (unpaired) electrons. The molecule has 0 aliphatic rings. The van der Waals surface area contributed by atoms with Crippen LogP contribution in [0.15, 0.2) is 12.4 Å². The average molecular weight is 268 g/mol. The van der Waals surface area contributed by atoms with Crippen molar-refractivity contribution in [2.75, 3.05) is 6.54 Å². The number of nitrogens with zero attached hydrogens (tertiary/aromatic N) is 2. The maximum absolute atomic E-state index is 11.5. The summed E-state index contributed by atoms with van der Waals surface area (Å²) in [5.74, 6) is -0.856. The average Bonchev–Trinajstić information content (AvgIpc) is 2.72. The van der Waals surface area contributed by atoms with E-state index in [2.05, 4.69) is 15.7 Å². The molecule has 7 nitrogen and oxygen atoms in total. The van der Waals surface area contributed by atoms with Crippen LogP contribution in [-0.4, -0.2) is 39.5 Å². The lowest BCUT2D eigenvalue weighted by molar-refractivity contribution is -0.137. The number of aromatic nitrogens is 2. The first-order valence-corrected chi connectivity index (χ1v) is 6.21. The highest BCUT2D eigenvalue weighted by atomic mass is 16.4. The summed E-state index contributed by atoms with van der Waals surface area (Å²) in [5, 5.41) is 18.0. The van der Waals surface area contributed by atoms with E-state index in [-0.39, 0.29) is 18.5 Å². The number of nitrogens with one attached hydrogen (secondary N) is 2. The Bertz CT molecular complexity index is 430. The molecule has 106 valence electrons. The number of urea groups is 1. The number of aliphatic carboxylic acids is 1. The number of hydrogen-bond acceptors (Lipinski definition) is 3. The number of hydrogen-bond donors (Lipinski definition) is 3. The van der Waals surface area contributed by atoms with Gasteiger partial charge in [0.15, 0.2) is 0 Å². The first-order valence-electron chi connectivity index (χ1n) is 6.21. The summed E-state index contributed by atoms with van der Waals surface area (Å²) < 4.78 is 1.71. The lowest BCUT2D eigenvalue weighted by atomic mass is 10.2. The Kier molecular flexibility index (Phi) is 5.84. The van der Waals surface area contributed by atoms with Crippen molar-refractivity contribution in [2.45, 2.75) is 32.2 Å². The van der Waals surface area contributed by atoms with Gasteiger partial charge in [0.1, 0.15) is 0 Å². The smallest absolute Gasteiger partial charge is 0.315 e. The zero-order valence-corrected chi connectivity index (χ0v) is 11.2. The Hall–Kier alpha value is -2.05. The van der Waals surface area contributed by atoms with Crippen molar-refractivity contribution in [2.24, 2.45) is 7.05 Å². The van der Waals surface area contributed by atoms with Crippen molar-refractivity contribution in [3.63, 3.8) is 0 Å². The molecular weight excluding hydrogens is 248 g/mol. The largest absolute Gasteiger partial charge is 0.481 e. The topological polar surface area (TPSA) is 96.2 Å². The molecule has 1 aromatic heterocycles. The first-order chi connectivity index (χ1) is 8.97. The van der Waals surface area contributed by atoms with Crippen molar-refractivity contribution in [3.05, 3.63) is 18.0 Å². The van der Waals surface area contributed by atoms with Gasteiger partial charge in [-0.25, -0.2) is 4.79 Å². The lowest BCUT2D eigenvalue weighted by Gasteiger charge is -2.13. The molecule has 1 atom stereocenters. The number of carboxylic acid groups (broad SMARTS) is 1. The Morgan fingerprint density at radius 3 is 2.84 bits per heavy atom. The second kappa shape index (κ2) is 7.40. The predicted octanol–water partition coefficient (Wildman–Crippen LogP) is 0.515. The molecule has 1 unspecified atom stereocenters. The van der Waals surface area contributed by atoms with Gasteiger partial charge in [-0.3, -0.25) is 9.48 Å². The SMILES string of the molecule is CC(CCC(=O)O)NC(=O)NCCc1cnn(C)c1. The van der Waals surface area contributed by atoms with Gasteiger partial charge >= 0.3 is 12.0 Å². The molecule has 7 heteroatoms.